The zero-order valence-electron chi connectivity index (χ0n) is 28.4. The van der Waals surface area contributed by atoms with Gasteiger partial charge >= 0.3 is 23.9 Å². The van der Waals surface area contributed by atoms with E-state index in [-0.39, 0.29) is 13.2 Å². The van der Waals surface area contributed by atoms with E-state index in [0.29, 0.717) is 0 Å². The van der Waals surface area contributed by atoms with Gasteiger partial charge in [0.15, 0.2) is 43.3 Å². The van der Waals surface area contributed by atoms with Crippen LogP contribution < -0.4 is 0 Å². The predicted octanol–water partition coefficient (Wildman–Crippen LogP) is 2.53. The van der Waals surface area contributed by atoms with Crippen molar-refractivity contribution in [2.75, 3.05) is 20.3 Å². The molecule has 0 spiro atoms. The Balaban J connectivity index is 1.55. The van der Waals surface area contributed by atoms with Gasteiger partial charge in [-0.1, -0.05) is 60.7 Å². The second-order valence-electron chi connectivity index (χ2n) is 11.9. The van der Waals surface area contributed by atoms with Gasteiger partial charge in [0.25, 0.3) is 0 Å². The Morgan fingerprint density at radius 2 is 1.24 bits per heavy atom. The monoisotopic (exact) mass is 702 g/mol. The van der Waals surface area contributed by atoms with E-state index in [1.807, 2.05) is 60.7 Å². The van der Waals surface area contributed by atoms with Crippen LogP contribution in [0.4, 0.5) is 0 Å². The molecule has 272 valence electrons. The summed E-state index contributed by atoms with van der Waals surface area (Å²) in [7, 11) is 1.45. The maximum Gasteiger partial charge on any atom is 0.303 e. The summed E-state index contributed by atoms with van der Waals surface area (Å²) in [5.41, 5.74) is 1.59. The molecule has 0 aromatic heterocycles. The fraction of sp³-hybridized carbons (Fsp3) is 0.543. The molecule has 0 saturated carbocycles. The second kappa shape index (κ2) is 17.3. The lowest BCUT2D eigenvalue weighted by atomic mass is 9.96. The summed E-state index contributed by atoms with van der Waals surface area (Å²) in [5, 5.41) is 0. The van der Waals surface area contributed by atoms with Crippen LogP contribution in [-0.4, -0.2) is 106 Å². The van der Waals surface area contributed by atoms with Crippen LogP contribution in [0.1, 0.15) is 45.1 Å². The predicted molar refractivity (Wildman–Crippen MR) is 168 cm³/mol. The largest absolute Gasteiger partial charge is 0.456 e. The Morgan fingerprint density at radius 3 is 1.86 bits per heavy atom. The minimum absolute atomic E-state index is 0.0906. The van der Waals surface area contributed by atoms with Crippen LogP contribution in [0.2, 0.25) is 0 Å². The molecule has 1 unspecified atom stereocenters. The SMILES string of the molecule is CO[C@H]1O[C@@H]2COC(c3ccccc3)O[C@H]2[C@H](O[C@H]2OC[C@@H](OC(C)=O)[C@@H](OC(C)=O)[C@H](OC(C)=O)[C@@H]2OC(C)=O)[C@@H]1OCc1ccccc1. The second-order valence-corrected chi connectivity index (χ2v) is 11.9. The number of ether oxygens (including phenoxy) is 11. The molecule has 3 fully saturated rings. The summed E-state index contributed by atoms with van der Waals surface area (Å²) >= 11 is 0. The highest BCUT2D eigenvalue weighted by molar-refractivity contribution is 5.69. The van der Waals surface area contributed by atoms with Crippen LogP contribution in [0.25, 0.3) is 0 Å². The number of rotatable bonds is 11. The van der Waals surface area contributed by atoms with Crippen LogP contribution >= 0.6 is 0 Å². The van der Waals surface area contributed by atoms with Crippen molar-refractivity contribution >= 4 is 23.9 Å². The normalized spacial score (nSPS) is 32.5. The molecule has 0 amide bonds. The lowest BCUT2D eigenvalue weighted by molar-refractivity contribution is -0.384. The molecule has 3 aliphatic heterocycles. The third-order valence-electron chi connectivity index (χ3n) is 8.09. The van der Waals surface area contributed by atoms with Crippen LogP contribution in [0, 0.1) is 0 Å². The summed E-state index contributed by atoms with van der Waals surface area (Å²) in [6.07, 6.45) is -12.7. The Labute approximate surface area is 289 Å². The van der Waals surface area contributed by atoms with Crippen molar-refractivity contribution in [2.24, 2.45) is 0 Å². The van der Waals surface area contributed by atoms with E-state index in [1.54, 1.807) is 0 Å². The lowest BCUT2D eigenvalue weighted by Crippen LogP contribution is -2.65. The van der Waals surface area contributed by atoms with Gasteiger partial charge in [-0.2, -0.15) is 0 Å². The molecule has 2 aromatic rings. The first-order valence-electron chi connectivity index (χ1n) is 16.2. The number of carbonyl (C=O) groups is 4. The molecule has 0 bridgehead atoms. The van der Waals surface area contributed by atoms with Crippen LogP contribution in [0.3, 0.4) is 0 Å². The molecule has 15 heteroatoms. The highest BCUT2D eigenvalue weighted by Gasteiger charge is 2.56. The molecule has 0 aliphatic carbocycles. The number of methoxy groups -OCH3 is 1. The van der Waals surface area contributed by atoms with E-state index in [1.165, 1.54) is 7.11 Å². The maximum absolute atomic E-state index is 12.6. The van der Waals surface area contributed by atoms with E-state index in [4.69, 9.17) is 52.1 Å². The molecule has 0 radical (unpaired) electrons. The van der Waals surface area contributed by atoms with Gasteiger partial charge < -0.3 is 52.1 Å². The van der Waals surface area contributed by atoms with Crippen LogP contribution in [0.15, 0.2) is 60.7 Å². The Kier molecular flexibility index (Phi) is 12.9. The zero-order valence-corrected chi connectivity index (χ0v) is 28.4. The first kappa shape index (κ1) is 37.3. The number of hydrogen-bond acceptors (Lipinski definition) is 15. The van der Waals surface area contributed by atoms with Gasteiger partial charge in [-0.25, -0.2) is 0 Å². The number of hydrogen-bond donors (Lipinski definition) is 0. The molecule has 0 N–H and O–H groups in total. The van der Waals surface area contributed by atoms with E-state index < -0.39 is 98.2 Å². The fourth-order valence-electron chi connectivity index (χ4n) is 6.11. The van der Waals surface area contributed by atoms with E-state index >= 15 is 0 Å². The van der Waals surface area contributed by atoms with E-state index in [2.05, 4.69) is 0 Å². The summed E-state index contributed by atoms with van der Waals surface area (Å²) in [6.45, 7) is 4.35. The van der Waals surface area contributed by atoms with Crippen LogP contribution in [-0.2, 0) is 77.9 Å². The Morgan fingerprint density at radius 1 is 0.640 bits per heavy atom. The Hall–Kier alpha value is -3.96. The van der Waals surface area contributed by atoms with Gasteiger partial charge in [0, 0.05) is 40.4 Å². The molecule has 50 heavy (non-hydrogen) atoms. The van der Waals surface area contributed by atoms with Crippen molar-refractivity contribution in [2.45, 2.75) is 102 Å². The minimum Gasteiger partial charge on any atom is -0.456 e. The number of benzene rings is 2. The van der Waals surface area contributed by atoms with Gasteiger partial charge in [0.05, 0.1) is 19.8 Å². The molecule has 11 atom stereocenters. The molecule has 15 nitrogen and oxygen atoms in total. The van der Waals surface area contributed by atoms with Gasteiger partial charge in [-0.05, 0) is 5.56 Å². The Bertz CT molecular complexity index is 1430. The summed E-state index contributed by atoms with van der Waals surface area (Å²) < 4.78 is 66.0. The van der Waals surface area contributed by atoms with Crippen molar-refractivity contribution in [3.05, 3.63) is 71.8 Å². The minimum atomic E-state index is -1.54. The molecule has 3 saturated heterocycles. The van der Waals surface area contributed by atoms with Crippen molar-refractivity contribution < 1.29 is 71.3 Å². The van der Waals surface area contributed by atoms with Gasteiger partial charge in [-0.3, -0.25) is 19.2 Å². The summed E-state index contributed by atoms with van der Waals surface area (Å²) in [5.74, 6) is -3.11. The van der Waals surface area contributed by atoms with Crippen molar-refractivity contribution in [1.29, 1.82) is 0 Å². The number of carbonyl (C=O) groups excluding carboxylic acids is 4. The highest BCUT2D eigenvalue weighted by Crippen LogP contribution is 2.39. The average Bonchev–Trinajstić information content (AvgIpc) is 3.20. The third kappa shape index (κ3) is 9.42. The van der Waals surface area contributed by atoms with Crippen molar-refractivity contribution in [1.82, 2.24) is 0 Å². The quantitative estimate of drug-likeness (QED) is 0.247. The topological polar surface area (TPSA) is 170 Å². The molecule has 3 heterocycles. The first-order chi connectivity index (χ1) is 24.0. The molecular weight excluding hydrogens is 660 g/mol. The summed E-state index contributed by atoms with van der Waals surface area (Å²) in [4.78, 5) is 49.4. The molecular formula is C35H42O15. The molecule has 3 aliphatic rings. The third-order valence-corrected chi connectivity index (χ3v) is 8.09. The van der Waals surface area contributed by atoms with Gasteiger partial charge in [-0.15, -0.1) is 0 Å². The standard InChI is InChI=1S/C35H42O15/c1-19(36)44-25-17-43-35(32(47-22(4)39)30(46-21(3)38)27(25)45-20(2)37)50-29-28-26(18-42-33(49-28)24-14-10-7-11-15-24)48-34(40-5)31(29)41-16-23-12-8-6-9-13-23/h6-15,25-35H,16-18H2,1-5H3/t25-,26-,27-,28-,29+,30+,31+,32+,33?,34+,35-/m1/s1. The van der Waals surface area contributed by atoms with Crippen LogP contribution in [0.5, 0.6) is 0 Å². The van der Waals surface area contributed by atoms with Crippen molar-refractivity contribution in [3.63, 3.8) is 0 Å². The molecule has 2 aromatic carbocycles. The van der Waals surface area contributed by atoms with E-state index in [0.717, 1.165) is 38.8 Å². The highest BCUT2D eigenvalue weighted by atomic mass is 16.8. The maximum atomic E-state index is 12.6. The first-order valence-corrected chi connectivity index (χ1v) is 16.2. The molecule has 5 rings (SSSR count). The number of esters is 4. The van der Waals surface area contributed by atoms with Gasteiger partial charge in [0.1, 0.15) is 24.4 Å². The zero-order chi connectivity index (χ0) is 35.8. The smallest absolute Gasteiger partial charge is 0.303 e. The average molecular weight is 703 g/mol. The van der Waals surface area contributed by atoms with E-state index in [9.17, 15) is 19.2 Å². The van der Waals surface area contributed by atoms with Crippen molar-refractivity contribution in [3.8, 4) is 0 Å². The van der Waals surface area contributed by atoms with Gasteiger partial charge in [0.2, 0.25) is 0 Å². The fourth-order valence-corrected chi connectivity index (χ4v) is 6.11. The summed E-state index contributed by atoms with van der Waals surface area (Å²) in [6, 6.07) is 18.7. The lowest BCUT2D eigenvalue weighted by Gasteiger charge is -2.49. The number of fused-ring (bicyclic) bond motifs is 1.